The highest BCUT2D eigenvalue weighted by Crippen LogP contribution is 2.76. The number of aliphatic hydroxyl groups excluding tert-OH is 3. The predicted octanol–water partition coefficient (Wildman–Crippen LogP) is 7.42. The largest absolute Gasteiger partial charge is 0.393 e. The molecule has 3 heteroatoms. The van der Waals surface area contributed by atoms with E-state index < -0.39 is 12.2 Å². The first-order valence-electron chi connectivity index (χ1n) is 16.7. The number of rotatable bonds is 2. The molecule has 3 N–H and O–H groups in total. The van der Waals surface area contributed by atoms with Crippen LogP contribution in [0.5, 0.6) is 0 Å². The molecule has 0 bridgehead atoms. The van der Waals surface area contributed by atoms with Crippen molar-refractivity contribution in [3.63, 3.8) is 0 Å². The fourth-order valence-electron chi connectivity index (χ4n) is 13.3. The highest BCUT2D eigenvalue weighted by atomic mass is 16.3. The molecule has 38 heavy (non-hydrogen) atoms. The summed E-state index contributed by atoms with van der Waals surface area (Å²) in [7, 11) is 0. The third-order valence-electron chi connectivity index (χ3n) is 16.1. The van der Waals surface area contributed by atoms with Gasteiger partial charge in [-0.05, 0) is 95.7 Å². The van der Waals surface area contributed by atoms with E-state index in [-0.39, 0.29) is 46.0 Å². The summed E-state index contributed by atoms with van der Waals surface area (Å²) in [6.45, 7) is 23.9. The van der Waals surface area contributed by atoms with Gasteiger partial charge in [0.25, 0.3) is 0 Å². The zero-order valence-corrected chi connectivity index (χ0v) is 26.5. The molecule has 220 valence electrons. The third kappa shape index (κ3) is 3.62. The van der Waals surface area contributed by atoms with Crippen LogP contribution in [0.15, 0.2) is 0 Å². The van der Waals surface area contributed by atoms with Gasteiger partial charge in [0.15, 0.2) is 0 Å². The van der Waals surface area contributed by atoms with Gasteiger partial charge in [0.2, 0.25) is 0 Å². The Kier molecular flexibility index (Phi) is 7.52. The minimum atomic E-state index is -0.558. The van der Waals surface area contributed by atoms with Crippen LogP contribution in [-0.2, 0) is 0 Å². The second-order valence-electron chi connectivity index (χ2n) is 16.6. The van der Waals surface area contributed by atoms with Crippen LogP contribution < -0.4 is 0 Å². The van der Waals surface area contributed by atoms with E-state index in [1.807, 2.05) is 6.92 Å². The first-order valence-corrected chi connectivity index (χ1v) is 16.7. The highest BCUT2D eigenvalue weighted by Gasteiger charge is 2.74. The van der Waals surface area contributed by atoms with E-state index in [9.17, 15) is 15.3 Å². The lowest BCUT2D eigenvalue weighted by molar-refractivity contribution is -0.316. The topological polar surface area (TPSA) is 60.7 Å². The summed E-state index contributed by atoms with van der Waals surface area (Å²) in [4.78, 5) is 0. The van der Waals surface area contributed by atoms with E-state index in [1.165, 1.54) is 38.5 Å². The van der Waals surface area contributed by atoms with Crippen LogP contribution in [0.1, 0.15) is 114 Å². The second-order valence-corrected chi connectivity index (χ2v) is 16.6. The predicted molar refractivity (Wildman–Crippen MR) is 156 cm³/mol. The van der Waals surface area contributed by atoms with E-state index in [4.69, 9.17) is 0 Å². The Morgan fingerprint density at radius 3 is 1.97 bits per heavy atom. The quantitative estimate of drug-likeness (QED) is 0.348. The zero-order chi connectivity index (χ0) is 28.1. The molecule has 3 nitrogen and oxygen atoms in total. The van der Waals surface area contributed by atoms with Crippen molar-refractivity contribution in [3.05, 3.63) is 0 Å². The molecule has 0 aliphatic heterocycles. The second kappa shape index (κ2) is 9.72. The van der Waals surface area contributed by atoms with Gasteiger partial charge >= 0.3 is 0 Å². The molecule has 0 heterocycles. The van der Waals surface area contributed by atoms with E-state index in [0.717, 1.165) is 18.3 Å². The lowest BCUT2D eigenvalue weighted by Gasteiger charge is -2.76. The fourth-order valence-corrected chi connectivity index (χ4v) is 13.3. The minimum Gasteiger partial charge on any atom is -0.393 e. The van der Waals surface area contributed by atoms with Crippen molar-refractivity contribution in [1.29, 1.82) is 0 Å². The van der Waals surface area contributed by atoms with Gasteiger partial charge in [0.1, 0.15) is 0 Å². The molecule has 0 spiro atoms. The number of hydrogen-bond donors (Lipinski definition) is 3. The molecule has 17 unspecified atom stereocenters. The van der Waals surface area contributed by atoms with Crippen LogP contribution in [0.2, 0.25) is 0 Å². The fraction of sp³-hybridized carbons (Fsp3) is 1.00. The Morgan fingerprint density at radius 2 is 1.39 bits per heavy atom. The summed E-state index contributed by atoms with van der Waals surface area (Å²) in [5.41, 5.74) is -0.353. The van der Waals surface area contributed by atoms with Gasteiger partial charge in [-0.25, -0.2) is 0 Å². The maximum atomic E-state index is 12.5. The molecule has 0 aromatic heterocycles. The average molecular weight is 531 g/mol. The van der Waals surface area contributed by atoms with Crippen LogP contribution in [0, 0.1) is 87.3 Å². The molecule has 5 aliphatic rings. The summed E-state index contributed by atoms with van der Waals surface area (Å²) < 4.78 is 0. The van der Waals surface area contributed by atoms with Gasteiger partial charge in [-0.1, -0.05) is 94.4 Å². The van der Waals surface area contributed by atoms with Crippen molar-refractivity contribution >= 4 is 0 Å². The Morgan fingerprint density at radius 1 is 0.789 bits per heavy atom. The van der Waals surface area contributed by atoms with Gasteiger partial charge < -0.3 is 15.3 Å². The summed E-state index contributed by atoms with van der Waals surface area (Å²) in [5.74, 6) is 5.31. The van der Waals surface area contributed by atoms with E-state index in [0.29, 0.717) is 35.5 Å². The Balaban J connectivity index is 1.57. The molecule has 0 aromatic rings. The van der Waals surface area contributed by atoms with Gasteiger partial charge in [-0.3, -0.25) is 0 Å². The van der Waals surface area contributed by atoms with E-state index in [2.05, 4.69) is 62.3 Å². The normalized spacial score (nSPS) is 60.4. The SMILES string of the molecule is CC(O)C1C(C)CC2(C)C(C)C3(C)C(C)C4CC(C5CCCCC5)C(C)C(C)C4C(O)C3C(C)C2(C)C1O. The molecule has 0 amide bonds. The standard InChI is InChI=1S/C35H62O3/c1-18-17-33(8)24(7)34(9)21(4)27-16-26(25-14-12-11-13-15-25)19(2)20(3)29(27)31(37)30(34)22(5)35(33,10)32(38)28(18)23(6)36/h18-32,36-38H,11-17H2,1-10H3. The van der Waals surface area contributed by atoms with Crippen LogP contribution in [0.4, 0.5) is 0 Å². The molecule has 0 radical (unpaired) electrons. The van der Waals surface area contributed by atoms with Crippen molar-refractivity contribution < 1.29 is 15.3 Å². The summed E-state index contributed by atoms with van der Waals surface area (Å²) in [6, 6.07) is 0. The third-order valence-corrected chi connectivity index (χ3v) is 16.1. The van der Waals surface area contributed by atoms with Crippen molar-refractivity contribution in [2.75, 3.05) is 0 Å². The molecule has 5 fully saturated rings. The Hall–Kier alpha value is -0.120. The monoisotopic (exact) mass is 530 g/mol. The Bertz CT molecular complexity index is 865. The summed E-state index contributed by atoms with van der Waals surface area (Å²) >= 11 is 0. The van der Waals surface area contributed by atoms with Gasteiger partial charge in [0.05, 0.1) is 18.3 Å². The first kappa shape index (κ1) is 29.4. The maximum Gasteiger partial charge on any atom is 0.0657 e. The molecular formula is C35H62O3. The molecule has 17 atom stereocenters. The molecular weight excluding hydrogens is 468 g/mol. The lowest BCUT2D eigenvalue weighted by atomic mass is 9.29. The van der Waals surface area contributed by atoms with Gasteiger partial charge in [-0.2, -0.15) is 0 Å². The van der Waals surface area contributed by atoms with Crippen LogP contribution >= 0.6 is 0 Å². The zero-order valence-electron chi connectivity index (χ0n) is 26.5. The van der Waals surface area contributed by atoms with Crippen molar-refractivity contribution in [2.45, 2.75) is 132 Å². The summed E-state index contributed by atoms with van der Waals surface area (Å²) in [5, 5.41) is 35.4. The van der Waals surface area contributed by atoms with E-state index in [1.54, 1.807) is 0 Å². The smallest absolute Gasteiger partial charge is 0.0657 e. The van der Waals surface area contributed by atoms with E-state index >= 15 is 0 Å². The van der Waals surface area contributed by atoms with Crippen molar-refractivity contribution in [3.8, 4) is 0 Å². The van der Waals surface area contributed by atoms with Crippen LogP contribution in [-0.4, -0.2) is 33.6 Å². The lowest BCUT2D eigenvalue weighted by Crippen LogP contribution is -2.75. The van der Waals surface area contributed by atoms with Gasteiger partial charge in [0, 0.05) is 11.3 Å². The number of aliphatic hydroxyl groups is 3. The van der Waals surface area contributed by atoms with Crippen molar-refractivity contribution in [2.24, 2.45) is 87.3 Å². The summed E-state index contributed by atoms with van der Waals surface area (Å²) in [6.07, 6.45) is 8.02. The van der Waals surface area contributed by atoms with Crippen molar-refractivity contribution in [1.82, 2.24) is 0 Å². The first-order chi connectivity index (χ1) is 17.7. The Labute approximate surface area is 235 Å². The molecule has 0 saturated heterocycles. The van der Waals surface area contributed by atoms with Gasteiger partial charge in [-0.15, -0.1) is 0 Å². The molecule has 5 rings (SSSR count). The van der Waals surface area contributed by atoms with Crippen LogP contribution in [0.25, 0.3) is 0 Å². The molecule has 0 aromatic carbocycles. The number of fused-ring (bicyclic) bond motifs is 3. The van der Waals surface area contributed by atoms with Crippen LogP contribution in [0.3, 0.4) is 0 Å². The number of hydrogen-bond acceptors (Lipinski definition) is 3. The highest BCUT2D eigenvalue weighted by molar-refractivity contribution is 5.22. The average Bonchev–Trinajstić information content (AvgIpc) is 2.86. The molecule has 5 saturated carbocycles. The minimum absolute atomic E-state index is 0.0305. The maximum absolute atomic E-state index is 12.5. The molecule has 5 aliphatic carbocycles.